The van der Waals surface area contributed by atoms with Crippen molar-refractivity contribution in [2.24, 2.45) is 5.92 Å². The van der Waals surface area contributed by atoms with Crippen LogP contribution in [0.1, 0.15) is 49.0 Å². The summed E-state index contributed by atoms with van der Waals surface area (Å²) < 4.78 is 12.4. The number of carbonyl (C=O) groups is 1. The van der Waals surface area contributed by atoms with Crippen LogP contribution in [-0.2, 0) is 9.53 Å². The molecule has 0 amide bonds. The summed E-state index contributed by atoms with van der Waals surface area (Å²) in [5.74, 6) is 1.19. The fourth-order valence-corrected chi connectivity index (χ4v) is 5.32. The Labute approximate surface area is 185 Å². The summed E-state index contributed by atoms with van der Waals surface area (Å²) in [5, 5.41) is 15.3. The van der Waals surface area contributed by atoms with Gasteiger partial charge in [-0.25, -0.2) is 4.98 Å². The third-order valence-electron chi connectivity index (χ3n) is 5.50. The summed E-state index contributed by atoms with van der Waals surface area (Å²) in [6, 6.07) is 7.70. The number of likely N-dealkylation sites (tertiary alicyclic amines) is 1. The molecule has 1 N–H and O–H groups in total. The van der Waals surface area contributed by atoms with Gasteiger partial charge in [0.2, 0.25) is 10.8 Å². The second-order valence-corrected chi connectivity index (χ2v) is 8.64. The lowest BCUT2D eigenvalue weighted by atomic mass is 9.94. The number of hydrogen-bond acceptors (Lipinski definition) is 8. The summed E-state index contributed by atoms with van der Waals surface area (Å²) in [7, 11) is 0. The maximum Gasteiger partial charge on any atom is 0.310 e. The van der Waals surface area contributed by atoms with Gasteiger partial charge in [0.1, 0.15) is 11.6 Å². The number of esters is 1. The predicted molar refractivity (Wildman–Crippen MR) is 118 cm³/mol. The van der Waals surface area contributed by atoms with Crippen molar-refractivity contribution in [3.05, 3.63) is 40.5 Å². The van der Waals surface area contributed by atoms with Gasteiger partial charge < -0.3 is 14.6 Å². The molecule has 9 heteroatoms. The van der Waals surface area contributed by atoms with Crippen molar-refractivity contribution in [2.45, 2.75) is 39.7 Å². The number of hydrogen-bond donors (Lipinski definition) is 1. The lowest BCUT2D eigenvalue weighted by molar-refractivity contribution is -0.150. The number of fused-ring (bicyclic) bond motifs is 1. The minimum atomic E-state index is -0.221. The Hall–Kier alpha value is -2.65. The second-order valence-electron chi connectivity index (χ2n) is 7.63. The molecule has 0 radical (unpaired) electrons. The van der Waals surface area contributed by atoms with Crippen LogP contribution in [-0.4, -0.2) is 56.9 Å². The van der Waals surface area contributed by atoms with Crippen molar-refractivity contribution >= 4 is 22.3 Å². The molecule has 4 rings (SSSR count). The third kappa shape index (κ3) is 4.38. The van der Waals surface area contributed by atoms with Gasteiger partial charge in [0.15, 0.2) is 0 Å². The molecule has 31 heavy (non-hydrogen) atoms. The SMILES string of the molecule is CCOC(=O)[C@H]1CCCN([C@H](c2ccc(OCC)cc2)c2sc3nc(C)nn3c2O)C1. The molecule has 1 aromatic carbocycles. The van der Waals surface area contributed by atoms with Crippen LogP contribution >= 0.6 is 11.3 Å². The van der Waals surface area contributed by atoms with Gasteiger partial charge in [-0.2, -0.15) is 4.52 Å². The van der Waals surface area contributed by atoms with Crippen LogP contribution in [0.15, 0.2) is 24.3 Å². The molecule has 1 fully saturated rings. The molecule has 0 unspecified atom stereocenters. The molecule has 8 nitrogen and oxygen atoms in total. The predicted octanol–water partition coefficient (Wildman–Crippen LogP) is 3.57. The summed E-state index contributed by atoms with van der Waals surface area (Å²) >= 11 is 1.43. The zero-order chi connectivity index (χ0) is 22.0. The maximum absolute atomic E-state index is 12.4. The molecule has 0 aliphatic carbocycles. The van der Waals surface area contributed by atoms with E-state index in [0.29, 0.717) is 30.5 Å². The summed E-state index contributed by atoms with van der Waals surface area (Å²) in [4.78, 5) is 20.5. The lowest BCUT2D eigenvalue weighted by Gasteiger charge is -2.37. The smallest absolute Gasteiger partial charge is 0.310 e. The molecule has 1 aliphatic heterocycles. The molecule has 2 atom stereocenters. The number of thiazole rings is 1. The highest BCUT2D eigenvalue weighted by molar-refractivity contribution is 7.17. The fraction of sp³-hybridized carbons (Fsp3) is 0.500. The Morgan fingerprint density at radius 3 is 2.74 bits per heavy atom. The van der Waals surface area contributed by atoms with Crippen molar-refractivity contribution in [2.75, 3.05) is 26.3 Å². The van der Waals surface area contributed by atoms with Gasteiger partial charge in [-0.1, -0.05) is 23.5 Å². The van der Waals surface area contributed by atoms with Gasteiger partial charge in [-0.15, -0.1) is 5.10 Å². The first-order valence-electron chi connectivity index (χ1n) is 10.7. The normalized spacial score (nSPS) is 18.2. The number of piperidine rings is 1. The first-order chi connectivity index (χ1) is 15.0. The van der Waals surface area contributed by atoms with Crippen LogP contribution in [0.25, 0.3) is 4.96 Å². The zero-order valence-electron chi connectivity index (χ0n) is 18.1. The van der Waals surface area contributed by atoms with Gasteiger partial charge in [0, 0.05) is 6.54 Å². The number of aromatic nitrogens is 3. The average molecular weight is 445 g/mol. The molecule has 166 valence electrons. The Kier molecular flexibility index (Phi) is 6.43. The van der Waals surface area contributed by atoms with Crippen molar-refractivity contribution < 1.29 is 19.4 Å². The molecule has 0 bridgehead atoms. The monoisotopic (exact) mass is 444 g/mol. The quantitative estimate of drug-likeness (QED) is 0.557. The number of aryl methyl sites for hydroxylation is 1. The number of benzene rings is 1. The molecule has 0 spiro atoms. The number of carbonyl (C=O) groups excluding carboxylic acids is 1. The Morgan fingerprint density at radius 2 is 2.06 bits per heavy atom. The molecular formula is C22H28N4O4S. The zero-order valence-corrected chi connectivity index (χ0v) is 18.9. The number of aromatic hydroxyl groups is 1. The molecule has 1 saturated heterocycles. The highest BCUT2D eigenvalue weighted by Crippen LogP contribution is 2.41. The van der Waals surface area contributed by atoms with E-state index in [-0.39, 0.29) is 23.8 Å². The topological polar surface area (TPSA) is 89.2 Å². The van der Waals surface area contributed by atoms with E-state index in [2.05, 4.69) is 15.0 Å². The van der Waals surface area contributed by atoms with E-state index in [1.54, 1.807) is 6.92 Å². The van der Waals surface area contributed by atoms with Crippen molar-refractivity contribution in [3.8, 4) is 11.6 Å². The largest absolute Gasteiger partial charge is 0.494 e. The lowest BCUT2D eigenvalue weighted by Crippen LogP contribution is -2.41. The number of nitrogens with zero attached hydrogens (tertiary/aromatic N) is 4. The fourth-order valence-electron chi connectivity index (χ4n) is 4.16. The standard InChI is InChI=1S/C22H28N4O4S/c1-4-29-17-10-8-15(9-11-17)18(19-20(27)26-22(31-19)23-14(3)24-26)25-12-6-7-16(13-25)21(28)30-5-2/h8-11,16,18,27H,4-7,12-13H2,1-3H3/t16-,18+/m0/s1. The molecule has 2 aromatic heterocycles. The van der Waals surface area contributed by atoms with Crippen LogP contribution in [0, 0.1) is 12.8 Å². The number of ether oxygens (including phenoxy) is 2. The molecule has 3 aromatic rings. The van der Waals surface area contributed by atoms with E-state index in [4.69, 9.17) is 9.47 Å². The minimum Gasteiger partial charge on any atom is -0.494 e. The molecule has 3 heterocycles. The summed E-state index contributed by atoms with van der Waals surface area (Å²) in [6.45, 7) is 7.96. The van der Waals surface area contributed by atoms with E-state index in [9.17, 15) is 9.90 Å². The first-order valence-corrected chi connectivity index (χ1v) is 11.5. The average Bonchev–Trinajstić information content (AvgIpc) is 3.27. The minimum absolute atomic E-state index is 0.0951. The van der Waals surface area contributed by atoms with E-state index in [1.165, 1.54) is 15.9 Å². The van der Waals surface area contributed by atoms with Crippen molar-refractivity contribution in [1.82, 2.24) is 19.5 Å². The van der Waals surface area contributed by atoms with Crippen LogP contribution in [0.5, 0.6) is 11.6 Å². The second kappa shape index (κ2) is 9.23. The van der Waals surface area contributed by atoms with Crippen LogP contribution in [0.2, 0.25) is 0 Å². The van der Waals surface area contributed by atoms with E-state index in [1.807, 2.05) is 38.1 Å². The maximum atomic E-state index is 12.4. The van der Waals surface area contributed by atoms with Crippen molar-refractivity contribution in [3.63, 3.8) is 0 Å². The molecule has 0 saturated carbocycles. The Morgan fingerprint density at radius 1 is 1.29 bits per heavy atom. The van der Waals surface area contributed by atoms with E-state index >= 15 is 0 Å². The van der Waals surface area contributed by atoms with Crippen LogP contribution in [0.3, 0.4) is 0 Å². The van der Waals surface area contributed by atoms with E-state index < -0.39 is 0 Å². The Bertz CT molecular complexity index is 1050. The van der Waals surface area contributed by atoms with Gasteiger partial charge >= 0.3 is 5.97 Å². The van der Waals surface area contributed by atoms with Crippen LogP contribution < -0.4 is 4.74 Å². The summed E-state index contributed by atoms with van der Waals surface area (Å²) in [6.07, 6.45) is 1.70. The van der Waals surface area contributed by atoms with Crippen molar-refractivity contribution in [1.29, 1.82) is 0 Å². The highest BCUT2D eigenvalue weighted by atomic mass is 32.1. The van der Waals surface area contributed by atoms with Gasteiger partial charge in [0.05, 0.1) is 30.1 Å². The first kappa shape index (κ1) is 21.6. The Balaban J connectivity index is 1.72. The summed E-state index contributed by atoms with van der Waals surface area (Å²) in [5.41, 5.74) is 1.02. The van der Waals surface area contributed by atoms with Gasteiger partial charge in [0.25, 0.3) is 0 Å². The van der Waals surface area contributed by atoms with E-state index in [0.717, 1.165) is 35.6 Å². The van der Waals surface area contributed by atoms with Gasteiger partial charge in [-0.3, -0.25) is 9.69 Å². The number of rotatable bonds is 7. The van der Waals surface area contributed by atoms with Crippen LogP contribution in [0.4, 0.5) is 0 Å². The highest BCUT2D eigenvalue weighted by Gasteiger charge is 2.35. The molecule has 1 aliphatic rings. The third-order valence-corrected chi connectivity index (χ3v) is 6.57. The molecular weight excluding hydrogens is 416 g/mol. The van der Waals surface area contributed by atoms with Gasteiger partial charge in [-0.05, 0) is 57.9 Å².